The lowest BCUT2D eigenvalue weighted by Crippen LogP contribution is -3.13. The standard InChI is InChI=1S/C22H23FN2O2/c1-15-4-3-5-17(12-15)14-24-8-10-25(11-9-24)22(26)21-16(2)19-13-18(23)6-7-20(19)27-21/h3-7,12-13H,8-11,14H2,1-2H3/p+1. The molecule has 0 unspecified atom stereocenters. The summed E-state index contributed by atoms with van der Waals surface area (Å²) in [6.07, 6.45) is 0. The number of aryl methyl sites for hydroxylation is 2. The van der Waals surface area contributed by atoms with Crippen molar-refractivity contribution in [3.63, 3.8) is 0 Å². The van der Waals surface area contributed by atoms with Crippen molar-refractivity contribution in [1.82, 2.24) is 4.90 Å². The third-order valence-electron chi connectivity index (χ3n) is 5.39. The Morgan fingerprint density at radius 1 is 1.15 bits per heavy atom. The number of benzene rings is 2. The molecule has 1 amide bonds. The van der Waals surface area contributed by atoms with Gasteiger partial charge in [-0.3, -0.25) is 4.79 Å². The summed E-state index contributed by atoms with van der Waals surface area (Å²) in [4.78, 5) is 16.2. The van der Waals surface area contributed by atoms with Gasteiger partial charge in [-0.25, -0.2) is 4.39 Å². The predicted octanol–water partition coefficient (Wildman–Crippen LogP) is 2.73. The molecule has 0 aliphatic carbocycles. The van der Waals surface area contributed by atoms with E-state index in [2.05, 4.69) is 31.2 Å². The fraction of sp³-hybridized carbons (Fsp3) is 0.318. The topological polar surface area (TPSA) is 37.9 Å². The first-order chi connectivity index (χ1) is 13.0. The van der Waals surface area contributed by atoms with Crippen molar-refractivity contribution >= 4 is 16.9 Å². The minimum atomic E-state index is -0.321. The highest BCUT2D eigenvalue weighted by Crippen LogP contribution is 2.27. The number of fused-ring (bicyclic) bond motifs is 1. The van der Waals surface area contributed by atoms with E-state index in [1.165, 1.54) is 28.2 Å². The van der Waals surface area contributed by atoms with E-state index in [4.69, 9.17) is 4.42 Å². The molecule has 1 saturated heterocycles. The van der Waals surface area contributed by atoms with Crippen molar-refractivity contribution in [3.05, 3.63) is 70.7 Å². The minimum Gasteiger partial charge on any atom is -0.451 e. The monoisotopic (exact) mass is 367 g/mol. The molecule has 1 N–H and O–H groups in total. The van der Waals surface area contributed by atoms with Gasteiger partial charge >= 0.3 is 0 Å². The molecule has 0 saturated carbocycles. The van der Waals surface area contributed by atoms with Gasteiger partial charge in [0.25, 0.3) is 5.91 Å². The van der Waals surface area contributed by atoms with Crippen molar-refractivity contribution in [2.75, 3.05) is 26.2 Å². The van der Waals surface area contributed by atoms with Crippen molar-refractivity contribution in [3.8, 4) is 0 Å². The first kappa shape index (κ1) is 17.7. The van der Waals surface area contributed by atoms with Gasteiger partial charge in [-0.05, 0) is 32.0 Å². The molecule has 5 heteroatoms. The molecule has 140 valence electrons. The van der Waals surface area contributed by atoms with Crippen LogP contribution in [0.2, 0.25) is 0 Å². The van der Waals surface area contributed by atoms with Gasteiger partial charge < -0.3 is 14.2 Å². The van der Waals surface area contributed by atoms with Crippen LogP contribution in [0.5, 0.6) is 0 Å². The highest BCUT2D eigenvalue weighted by molar-refractivity contribution is 5.99. The molecule has 1 aliphatic heterocycles. The van der Waals surface area contributed by atoms with Gasteiger partial charge in [-0.15, -0.1) is 0 Å². The molecule has 2 heterocycles. The second-order valence-corrected chi connectivity index (χ2v) is 7.40. The van der Waals surface area contributed by atoms with E-state index in [0.717, 1.165) is 19.6 Å². The van der Waals surface area contributed by atoms with Crippen molar-refractivity contribution < 1.29 is 18.5 Å². The van der Waals surface area contributed by atoms with Gasteiger partial charge in [0.2, 0.25) is 0 Å². The number of rotatable bonds is 3. The SMILES string of the molecule is Cc1cccc(C[NH+]2CCN(C(=O)c3oc4ccc(F)cc4c3C)CC2)c1. The Balaban J connectivity index is 1.43. The summed E-state index contributed by atoms with van der Waals surface area (Å²) in [6.45, 7) is 8.12. The number of amides is 1. The van der Waals surface area contributed by atoms with Crippen molar-refractivity contribution in [2.24, 2.45) is 0 Å². The molecular weight excluding hydrogens is 343 g/mol. The molecular formula is C22H24FN2O2+. The van der Waals surface area contributed by atoms with Gasteiger partial charge in [0.1, 0.15) is 17.9 Å². The summed E-state index contributed by atoms with van der Waals surface area (Å²) >= 11 is 0. The van der Waals surface area contributed by atoms with E-state index in [1.54, 1.807) is 6.07 Å². The molecule has 1 fully saturated rings. The molecule has 4 nitrogen and oxygen atoms in total. The van der Waals surface area contributed by atoms with Gasteiger partial charge in [-0.1, -0.05) is 29.8 Å². The Bertz CT molecular complexity index is 987. The van der Waals surface area contributed by atoms with E-state index in [0.29, 0.717) is 35.4 Å². The normalized spacial score (nSPS) is 15.4. The first-order valence-corrected chi connectivity index (χ1v) is 9.38. The molecule has 0 spiro atoms. The highest BCUT2D eigenvalue weighted by atomic mass is 19.1. The molecule has 0 atom stereocenters. The number of nitrogens with one attached hydrogen (secondary N) is 1. The zero-order chi connectivity index (χ0) is 19.0. The van der Waals surface area contributed by atoms with Gasteiger partial charge in [-0.2, -0.15) is 0 Å². The molecule has 27 heavy (non-hydrogen) atoms. The number of hydrogen-bond donors (Lipinski definition) is 1. The van der Waals surface area contributed by atoms with Gasteiger partial charge in [0, 0.05) is 16.5 Å². The first-order valence-electron chi connectivity index (χ1n) is 9.38. The summed E-state index contributed by atoms with van der Waals surface area (Å²) < 4.78 is 19.2. The lowest BCUT2D eigenvalue weighted by molar-refractivity contribution is -0.917. The average molecular weight is 367 g/mol. The number of halogens is 1. The molecule has 0 radical (unpaired) electrons. The molecule has 4 rings (SSSR count). The largest absolute Gasteiger partial charge is 0.451 e. The number of nitrogens with zero attached hydrogens (tertiary/aromatic N) is 1. The number of quaternary nitrogens is 1. The molecule has 0 bridgehead atoms. The quantitative estimate of drug-likeness (QED) is 0.773. The van der Waals surface area contributed by atoms with Gasteiger partial charge in [0.05, 0.1) is 26.2 Å². The Morgan fingerprint density at radius 2 is 1.93 bits per heavy atom. The Labute approximate surface area is 158 Å². The van der Waals surface area contributed by atoms with Crippen molar-refractivity contribution in [2.45, 2.75) is 20.4 Å². The van der Waals surface area contributed by atoms with Crippen LogP contribution in [-0.4, -0.2) is 37.0 Å². The fourth-order valence-electron chi connectivity index (χ4n) is 3.85. The van der Waals surface area contributed by atoms with Crippen LogP contribution in [0.1, 0.15) is 27.2 Å². The zero-order valence-electron chi connectivity index (χ0n) is 15.7. The van der Waals surface area contributed by atoms with E-state index in [1.807, 2.05) is 11.8 Å². The minimum absolute atomic E-state index is 0.0984. The molecule has 3 aromatic rings. The maximum atomic E-state index is 13.5. The Morgan fingerprint density at radius 3 is 2.67 bits per heavy atom. The Kier molecular flexibility index (Phi) is 4.70. The number of carbonyl (C=O) groups is 1. The zero-order valence-corrected chi connectivity index (χ0v) is 15.7. The second-order valence-electron chi connectivity index (χ2n) is 7.40. The van der Waals surface area contributed by atoms with Crippen LogP contribution in [0.4, 0.5) is 4.39 Å². The van der Waals surface area contributed by atoms with Crippen LogP contribution in [0.25, 0.3) is 11.0 Å². The van der Waals surface area contributed by atoms with Crippen LogP contribution in [0.15, 0.2) is 46.9 Å². The summed E-state index contributed by atoms with van der Waals surface area (Å²) in [7, 11) is 0. The highest BCUT2D eigenvalue weighted by Gasteiger charge is 2.28. The lowest BCUT2D eigenvalue weighted by Gasteiger charge is -2.32. The van der Waals surface area contributed by atoms with E-state index >= 15 is 0 Å². The van der Waals surface area contributed by atoms with Crippen LogP contribution in [0.3, 0.4) is 0 Å². The summed E-state index contributed by atoms with van der Waals surface area (Å²) in [6, 6.07) is 12.9. The third kappa shape index (κ3) is 3.60. The Hall–Kier alpha value is -2.66. The third-order valence-corrected chi connectivity index (χ3v) is 5.39. The van der Waals surface area contributed by atoms with E-state index < -0.39 is 0 Å². The summed E-state index contributed by atoms with van der Waals surface area (Å²) in [5, 5.41) is 0.669. The number of carbonyl (C=O) groups excluding carboxylic acids is 1. The number of furan rings is 1. The van der Waals surface area contributed by atoms with Crippen LogP contribution in [0, 0.1) is 19.7 Å². The number of hydrogen-bond acceptors (Lipinski definition) is 2. The fourth-order valence-corrected chi connectivity index (χ4v) is 3.85. The predicted molar refractivity (Wildman–Crippen MR) is 102 cm³/mol. The summed E-state index contributed by atoms with van der Waals surface area (Å²) in [5.74, 6) is -0.0878. The van der Waals surface area contributed by atoms with E-state index in [9.17, 15) is 9.18 Å². The van der Waals surface area contributed by atoms with Crippen LogP contribution in [-0.2, 0) is 6.54 Å². The molecule has 1 aliphatic rings. The maximum absolute atomic E-state index is 13.5. The maximum Gasteiger partial charge on any atom is 0.290 e. The number of piperazine rings is 1. The van der Waals surface area contributed by atoms with Gasteiger partial charge in [0.15, 0.2) is 5.76 Å². The van der Waals surface area contributed by atoms with E-state index in [-0.39, 0.29) is 11.7 Å². The smallest absolute Gasteiger partial charge is 0.290 e. The van der Waals surface area contributed by atoms with Crippen LogP contribution >= 0.6 is 0 Å². The van der Waals surface area contributed by atoms with Crippen molar-refractivity contribution in [1.29, 1.82) is 0 Å². The summed E-state index contributed by atoms with van der Waals surface area (Å²) in [5.41, 5.74) is 3.88. The molecule has 2 aromatic carbocycles. The molecule has 1 aromatic heterocycles. The lowest BCUT2D eigenvalue weighted by atomic mass is 10.1. The average Bonchev–Trinajstić information content (AvgIpc) is 2.98. The second kappa shape index (κ2) is 7.16. The van der Waals surface area contributed by atoms with Crippen LogP contribution < -0.4 is 4.90 Å².